The quantitative estimate of drug-likeness (QED) is 0.381. The molecule has 0 saturated carbocycles. The fraction of sp³-hybridized carbons (Fsp3) is 0.250. The minimum absolute atomic E-state index is 0.0296. The summed E-state index contributed by atoms with van der Waals surface area (Å²) in [7, 11) is -2.61. The molecule has 4 rings (SSSR count). The summed E-state index contributed by atoms with van der Waals surface area (Å²) >= 11 is 20.1. The number of furan rings is 1. The summed E-state index contributed by atoms with van der Waals surface area (Å²) in [6, 6.07) is 6.48. The number of carboxylic acid groups (broad SMARTS) is 1. The molecule has 2 aromatic heterocycles. The van der Waals surface area contributed by atoms with Crippen LogP contribution in [0.25, 0.3) is 0 Å². The molecule has 1 aliphatic rings. The first-order valence-corrected chi connectivity index (χ1v) is 14.9. The second-order valence-corrected chi connectivity index (χ2v) is 13.5. The average molecular weight is 604 g/mol. The first kappa shape index (κ1) is 27.5. The van der Waals surface area contributed by atoms with Gasteiger partial charge in [-0.05, 0) is 53.7 Å². The molecule has 0 spiro atoms. The van der Waals surface area contributed by atoms with Crippen molar-refractivity contribution in [3.63, 3.8) is 0 Å². The number of thiophene rings is 1. The fourth-order valence-electron chi connectivity index (χ4n) is 3.95. The number of carbonyl (C=O) groups excluding carboxylic acids is 2. The lowest BCUT2D eigenvalue weighted by Crippen LogP contribution is -2.42. The highest BCUT2D eigenvalue weighted by Gasteiger charge is 2.30. The van der Waals surface area contributed by atoms with Gasteiger partial charge in [0.2, 0.25) is 0 Å². The molecular formula is C24H21Cl3N2O6S2. The van der Waals surface area contributed by atoms with Crippen molar-refractivity contribution >= 4 is 79.3 Å². The third-order valence-corrected chi connectivity index (χ3v) is 8.78. The summed E-state index contributed by atoms with van der Waals surface area (Å²) in [5.74, 6) is 1.53. The molecule has 0 radical (unpaired) electrons. The number of amides is 2. The standard InChI is InChI=1S/C24H21Cl3N2O6S2/c1-37(2,34)19-6-3-13(35-19)10-16(24(32)33)28-22(30)20-15(25)9-12-11-29(8-7-14(12)21(20)27)23(31)17-4-5-18(26)36-17/h3-6,9,16H,1,7-8,10-11H2,2H3,(H,28,30)(H,32,33)/t16-,37?/m0/s1. The summed E-state index contributed by atoms with van der Waals surface area (Å²) in [6.07, 6.45) is 1.59. The summed E-state index contributed by atoms with van der Waals surface area (Å²) < 4.78 is 18.0. The number of nitrogens with one attached hydrogen (secondary N) is 1. The van der Waals surface area contributed by atoms with E-state index in [-0.39, 0.29) is 45.3 Å². The average Bonchev–Trinajstić information content (AvgIpc) is 3.46. The van der Waals surface area contributed by atoms with Crippen LogP contribution in [0.4, 0.5) is 0 Å². The number of hydrogen-bond donors (Lipinski definition) is 2. The highest BCUT2D eigenvalue weighted by atomic mass is 35.5. The van der Waals surface area contributed by atoms with E-state index in [1.165, 1.54) is 29.7 Å². The maximum atomic E-state index is 13.1. The molecule has 8 nitrogen and oxygen atoms in total. The zero-order chi connectivity index (χ0) is 27.1. The van der Waals surface area contributed by atoms with E-state index in [0.717, 1.165) is 0 Å². The molecule has 2 N–H and O–H groups in total. The van der Waals surface area contributed by atoms with E-state index in [2.05, 4.69) is 11.2 Å². The molecule has 2 amide bonds. The van der Waals surface area contributed by atoms with Crippen LogP contribution in [0.3, 0.4) is 0 Å². The lowest BCUT2D eigenvalue weighted by Gasteiger charge is -2.30. The van der Waals surface area contributed by atoms with Crippen molar-refractivity contribution < 1.29 is 28.1 Å². The lowest BCUT2D eigenvalue weighted by atomic mass is 9.96. The Morgan fingerprint density at radius 2 is 1.97 bits per heavy atom. The van der Waals surface area contributed by atoms with E-state index in [0.29, 0.717) is 33.3 Å². The predicted molar refractivity (Wildman–Crippen MR) is 145 cm³/mol. The maximum Gasteiger partial charge on any atom is 0.326 e. The number of benzene rings is 1. The van der Waals surface area contributed by atoms with Gasteiger partial charge in [0.1, 0.15) is 11.8 Å². The SMILES string of the molecule is C=S(C)(=O)c1ccc(C[C@H](NC(=O)c2c(Cl)cc3c(c2Cl)CCN(C(=O)c2ccc(Cl)s2)C3)C(=O)O)o1. The largest absolute Gasteiger partial charge is 0.480 e. The number of carbonyl (C=O) groups is 3. The minimum Gasteiger partial charge on any atom is -0.480 e. The van der Waals surface area contributed by atoms with Crippen LogP contribution in [0.15, 0.2) is 39.8 Å². The third kappa shape index (κ3) is 5.99. The van der Waals surface area contributed by atoms with Gasteiger partial charge >= 0.3 is 5.97 Å². The molecule has 3 aromatic rings. The monoisotopic (exact) mass is 602 g/mol. The number of fused-ring (bicyclic) bond motifs is 1. The third-order valence-electron chi connectivity index (χ3n) is 5.77. The molecule has 1 unspecified atom stereocenters. The van der Waals surface area contributed by atoms with Crippen LogP contribution in [0.1, 0.15) is 36.9 Å². The molecular weight excluding hydrogens is 583 g/mol. The van der Waals surface area contributed by atoms with Gasteiger partial charge in [0, 0.05) is 35.3 Å². The zero-order valence-corrected chi connectivity index (χ0v) is 23.3. The van der Waals surface area contributed by atoms with Gasteiger partial charge in [-0.3, -0.25) is 13.8 Å². The summed E-state index contributed by atoms with van der Waals surface area (Å²) in [5.41, 5.74) is 1.32. The molecule has 0 fully saturated rings. The van der Waals surface area contributed by atoms with Crippen LogP contribution in [0.5, 0.6) is 0 Å². The molecule has 37 heavy (non-hydrogen) atoms. The van der Waals surface area contributed by atoms with Gasteiger partial charge in [-0.15, -0.1) is 11.3 Å². The van der Waals surface area contributed by atoms with Gasteiger partial charge in [0.25, 0.3) is 11.8 Å². The van der Waals surface area contributed by atoms with Gasteiger partial charge in [0.05, 0.1) is 24.8 Å². The van der Waals surface area contributed by atoms with E-state index in [1.54, 1.807) is 23.1 Å². The van der Waals surface area contributed by atoms with Crippen molar-refractivity contribution in [3.05, 3.63) is 72.0 Å². The zero-order valence-electron chi connectivity index (χ0n) is 19.4. The van der Waals surface area contributed by atoms with E-state index in [9.17, 15) is 23.7 Å². The van der Waals surface area contributed by atoms with Gasteiger partial charge in [0.15, 0.2) is 5.09 Å². The van der Waals surface area contributed by atoms with Crippen LogP contribution >= 0.6 is 46.1 Å². The van der Waals surface area contributed by atoms with Crippen molar-refractivity contribution in [2.45, 2.75) is 30.5 Å². The van der Waals surface area contributed by atoms with Gasteiger partial charge in [-0.1, -0.05) is 34.8 Å². The Hall–Kier alpha value is -2.50. The topological polar surface area (TPSA) is 117 Å². The number of aliphatic carboxylic acids is 1. The number of hydrogen-bond acceptors (Lipinski definition) is 6. The summed E-state index contributed by atoms with van der Waals surface area (Å²) in [5, 5.41) is 12.4. The van der Waals surface area contributed by atoms with Crippen molar-refractivity contribution in [1.29, 1.82) is 0 Å². The van der Waals surface area contributed by atoms with Gasteiger partial charge in [-0.2, -0.15) is 0 Å². The Morgan fingerprint density at radius 3 is 2.57 bits per heavy atom. The number of nitrogens with zero attached hydrogens (tertiary/aromatic N) is 1. The summed E-state index contributed by atoms with van der Waals surface area (Å²) in [6.45, 7) is 0.617. The second-order valence-electron chi connectivity index (χ2n) is 8.56. The maximum absolute atomic E-state index is 13.1. The highest BCUT2D eigenvalue weighted by molar-refractivity contribution is 7.99. The predicted octanol–water partition coefficient (Wildman–Crippen LogP) is 4.63. The Bertz CT molecular complexity index is 1510. The molecule has 2 atom stereocenters. The molecule has 1 aliphatic heterocycles. The van der Waals surface area contributed by atoms with Crippen molar-refractivity contribution in [2.75, 3.05) is 12.8 Å². The van der Waals surface area contributed by atoms with Crippen LogP contribution in [-0.4, -0.2) is 56.7 Å². The Kier molecular flexibility index (Phi) is 7.96. The van der Waals surface area contributed by atoms with Gasteiger partial charge < -0.3 is 19.7 Å². The van der Waals surface area contributed by atoms with E-state index >= 15 is 0 Å². The Morgan fingerprint density at radius 1 is 1.24 bits per heavy atom. The lowest BCUT2D eigenvalue weighted by molar-refractivity contribution is -0.139. The molecule has 0 saturated heterocycles. The van der Waals surface area contributed by atoms with Crippen LogP contribution < -0.4 is 5.32 Å². The molecule has 196 valence electrons. The van der Waals surface area contributed by atoms with E-state index in [1.807, 2.05) is 0 Å². The Balaban J connectivity index is 1.53. The summed E-state index contributed by atoms with van der Waals surface area (Å²) in [4.78, 5) is 39.9. The normalized spacial score (nSPS) is 15.5. The molecule has 0 bridgehead atoms. The molecule has 1 aromatic carbocycles. The van der Waals surface area contributed by atoms with Crippen LogP contribution in [-0.2, 0) is 33.7 Å². The van der Waals surface area contributed by atoms with E-state index in [4.69, 9.17) is 39.2 Å². The van der Waals surface area contributed by atoms with Gasteiger partial charge in [-0.25, -0.2) is 4.79 Å². The highest BCUT2D eigenvalue weighted by Crippen LogP contribution is 2.35. The number of carboxylic acids is 1. The Labute approximate surface area is 232 Å². The van der Waals surface area contributed by atoms with Crippen molar-refractivity contribution in [3.8, 4) is 0 Å². The van der Waals surface area contributed by atoms with Crippen LogP contribution in [0, 0.1) is 0 Å². The molecule has 13 heteroatoms. The minimum atomic E-state index is -2.61. The van der Waals surface area contributed by atoms with E-state index < -0.39 is 27.4 Å². The van der Waals surface area contributed by atoms with Crippen LogP contribution in [0.2, 0.25) is 14.4 Å². The van der Waals surface area contributed by atoms with Crippen molar-refractivity contribution in [2.24, 2.45) is 0 Å². The first-order chi connectivity index (χ1) is 17.3. The smallest absolute Gasteiger partial charge is 0.326 e. The molecule has 0 aliphatic carbocycles. The fourth-order valence-corrected chi connectivity index (χ4v) is 6.36. The number of rotatable bonds is 7. The number of halogens is 3. The second kappa shape index (κ2) is 10.7. The molecule has 3 heterocycles. The first-order valence-electron chi connectivity index (χ1n) is 10.8. The van der Waals surface area contributed by atoms with Crippen molar-refractivity contribution in [1.82, 2.24) is 10.2 Å².